The van der Waals surface area contributed by atoms with E-state index in [2.05, 4.69) is 5.10 Å². The van der Waals surface area contributed by atoms with Crippen LogP contribution in [0.15, 0.2) is 12.4 Å². The van der Waals surface area contributed by atoms with Gasteiger partial charge in [-0.1, -0.05) is 0 Å². The van der Waals surface area contributed by atoms with Crippen molar-refractivity contribution in [3.8, 4) is 0 Å². The topological polar surface area (TPSA) is 95.0 Å². The molecule has 1 rings (SSSR count). The van der Waals surface area contributed by atoms with Gasteiger partial charge in [0.05, 0.1) is 18.0 Å². The van der Waals surface area contributed by atoms with Crippen molar-refractivity contribution in [1.29, 1.82) is 0 Å². The molecular weight excluding hydrogens is 242 g/mol. The van der Waals surface area contributed by atoms with Gasteiger partial charge in [-0.3, -0.25) is 9.48 Å². The van der Waals surface area contributed by atoms with Gasteiger partial charge in [0.2, 0.25) is 0 Å². The molecule has 1 atom stereocenters. The standard InChI is InChI=1S/C10H17N3O3S/c1-13-7-8(6-12-13)10(11)9(14)4-3-5-17(2,15)16/h6-7,10H,3-5,11H2,1-2H3. The predicted octanol–water partition coefficient (Wildman–Crippen LogP) is -0.186. The van der Waals surface area contributed by atoms with E-state index in [-0.39, 0.29) is 18.0 Å². The third kappa shape index (κ3) is 4.66. The van der Waals surface area contributed by atoms with Crippen LogP contribution in [0, 0.1) is 0 Å². The number of carbonyl (C=O) groups excluding carboxylic acids is 1. The van der Waals surface area contributed by atoms with Crippen LogP contribution in [0.25, 0.3) is 0 Å². The number of aryl methyl sites for hydroxylation is 1. The van der Waals surface area contributed by atoms with Gasteiger partial charge in [-0.15, -0.1) is 0 Å². The van der Waals surface area contributed by atoms with E-state index in [9.17, 15) is 13.2 Å². The van der Waals surface area contributed by atoms with Crippen LogP contribution in [0.1, 0.15) is 24.4 Å². The normalized spacial score (nSPS) is 13.6. The number of nitrogens with two attached hydrogens (primary N) is 1. The molecule has 0 saturated heterocycles. The zero-order valence-corrected chi connectivity index (χ0v) is 10.8. The van der Waals surface area contributed by atoms with E-state index in [1.54, 1.807) is 24.1 Å². The lowest BCUT2D eigenvalue weighted by Gasteiger charge is -2.07. The first-order valence-electron chi connectivity index (χ1n) is 5.24. The van der Waals surface area contributed by atoms with Crippen LogP contribution < -0.4 is 5.73 Å². The van der Waals surface area contributed by atoms with E-state index in [0.29, 0.717) is 12.0 Å². The van der Waals surface area contributed by atoms with Crippen molar-refractivity contribution in [2.75, 3.05) is 12.0 Å². The van der Waals surface area contributed by atoms with E-state index < -0.39 is 15.9 Å². The highest BCUT2D eigenvalue weighted by Gasteiger charge is 2.17. The number of sulfone groups is 1. The summed E-state index contributed by atoms with van der Waals surface area (Å²) in [6.07, 6.45) is 4.85. The minimum atomic E-state index is -3.02. The van der Waals surface area contributed by atoms with E-state index in [1.807, 2.05) is 0 Å². The summed E-state index contributed by atoms with van der Waals surface area (Å²) in [5.74, 6) is -0.153. The van der Waals surface area contributed by atoms with E-state index in [4.69, 9.17) is 5.73 Å². The zero-order valence-electron chi connectivity index (χ0n) is 9.96. The number of Topliss-reactive ketones (excluding diaryl/α,β-unsaturated/α-hetero) is 1. The third-order valence-corrected chi connectivity index (χ3v) is 3.40. The first-order valence-corrected chi connectivity index (χ1v) is 7.30. The molecule has 6 nitrogen and oxygen atoms in total. The molecule has 17 heavy (non-hydrogen) atoms. The Kier molecular flexibility index (Phi) is 4.41. The van der Waals surface area contributed by atoms with Crippen molar-refractivity contribution in [2.24, 2.45) is 12.8 Å². The first kappa shape index (κ1) is 13.9. The van der Waals surface area contributed by atoms with Crippen LogP contribution in [0.5, 0.6) is 0 Å². The molecule has 0 saturated carbocycles. The number of carbonyl (C=O) groups is 1. The summed E-state index contributed by atoms with van der Waals surface area (Å²) in [6, 6.07) is -0.719. The molecule has 96 valence electrons. The minimum Gasteiger partial charge on any atom is -0.318 e. The van der Waals surface area contributed by atoms with Crippen LogP contribution in [0.3, 0.4) is 0 Å². The van der Waals surface area contributed by atoms with Crippen LogP contribution in [-0.4, -0.2) is 36.0 Å². The highest BCUT2D eigenvalue weighted by atomic mass is 32.2. The zero-order chi connectivity index (χ0) is 13.1. The van der Waals surface area contributed by atoms with Gasteiger partial charge in [0.25, 0.3) is 0 Å². The summed E-state index contributed by atoms with van der Waals surface area (Å²) in [5, 5.41) is 3.93. The van der Waals surface area contributed by atoms with Gasteiger partial charge in [-0.25, -0.2) is 8.42 Å². The van der Waals surface area contributed by atoms with Crippen molar-refractivity contribution in [2.45, 2.75) is 18.9 Å². The minimum absolute atomic E-state index is 0.0124. The lowest BCUT2D eigenvalue weighted by Crippen LogP contribution is -2.21. The number of nitrogens with zero attached hydrogens (tertiary/aromatic N) is 2. The lowest BCUT2D eigenvalue weighted by molar-refractivity contribution is -0.120. The fourth-order valence-corrected chi connectivity index (χ4v) is 2.12. The molecule has 0 spiro atoms. The van der Waals surface area contributed by atoms with Gasteiger partial charge in [0, 0.05) is 31.5 Å². The predicted molar refractivity (Wildman–Crippen MR) is 64.1 cm³/mol. The Bertz CT molecular complexity index is 493. The quantitative estimate of drug-likeness (QED) is 0.764. The molecule has 1 unspecified atom stereocenters. The van der Waals surface area contributed by atoms with Crippen molar-refractivity contribution in [3.63, 3.8) is 0 Å². The van der Waals surface area contributed by atoms with E-state index >= 15 is 0 Å². The second kappa shape index (κ2) is 5.42. The number of ketones is 1. The smallest absolute Gasteiger partial charge is 0.154 e. The van der Waals surface area contributed by atoms with Crippen LogP contribution in [0.2, 0.25) is 0 Å². The summed E-state index contributed by atoms with van der Waals surface area (Å²) >= 11 is 0. The van der Waals surface area contributed by atoms with Gasteiger partial charge in [0.15, 0.2) is 5.78 Å². The largest absolute Gasteiger partial charge is 0.318 e. The number of rotatable bonds is 6. The van der Waals surface area contributed by atoms with Crippen LogP contribution in [0.4, 0.5) is 0 Å². The maximum atomic E-state index is 11.7. The number of aromatic nitrogens is 2. The monoisotopic (exact) mass is 259 g/mol. The van der Waals surface area contributed by atoms with Gasteiger partial charge in [-0.2, -0.15) is 5.10 Å². The Morgan fingerprint density at radius 1 is 1.59 bits per heavy atom. The third-order valence-electron chi connectivity index (χ3n) is 2.37. The Balaban J connectivity index is 2.48. The number of hydrogen-bond acceptors (Lipinski definition) is 5. The molecule has 0 aliphatic heterocycles. The molecular formula is C10H17N3O3S. The molecule has 0 amide bonds. The molecule has 1 heterocycles. The van der Waals surface area contributed by atoms with E-state index in [0.717, 1.165) is 6.26 Å². The second-order valence-electron chi connectivity index (χ2n) is 4.12. The molecule has 2 N–H and O–H groups in total. The summed E-state index contributed by atoms with van der Waals surface area (Å²) in [4.78, 5) is 11.7. The molecule has 1 aromatic heterocycles. The first-order chi connectivity index (χ1) is 7.79. The fourth-order valence-electron chi connectivity index (χ4n) is 1.45. The highest BCUT2D eigenvalue weighted by Crippen LogP contribution is 2.12. The van der Waals surface area contributed by atoms with Gasteiger partial charge in [0.1, 0.15) is 9.84 Å². The summed E-state index contributed by atoms with van der Waals surface area (Å²) in [5.41, 5.74) is 6.40. The molecule has 0 aromatic carbocycles. The lowest BCUT2D eigenvalue weighted by atomic mass is 10.0. The summed E-state index contributed by atoms with van der Waals surface area (Å²) in [6.45, 7) is 0. The SMILES string of the molecule is Cn1cc(C(N)C(=O)CCCS(C)(=O)=O)cn1. The van der Waals surface area contributed by atoms with Gasteiger partial charge >= 0.3 is 0 Å². The fraction of sp³-hybridized carbons (Fsp3) is 0.600. The molecule has 0 aliphatic carbocycles. The summed E-state index contributed by atoms with van der Waals surface area (Å²) in [7, 11) is -1.28. The molecule has 0 fully saturated rings. The molecule has 7 heteroatoms. The Hall–Kier alpha value is -1.21. The average molecular weight is 259 g/mol. The average Bonchev–Trinajstić information content (AvgIpc) is 2.61. The van der Waals surface area contributed by atoms with Crippen LogP contribution in [-0.2, 0) is 21.7 Å². The Morgan fingerprint density at radius 2 is 2.24 bits per heavy atom. The van der Waals surface area contributed by atoms with Crippen molar-refractivity contribution in [3.05, 3.63) is 18.0 Å². The molecule has 0 aliphatic rings. The highest BCUT2D eigenvalue weighted by molar-refractivity contribution is 7.90. The van der Waals surface area contributed by atoms with Crippen molar-refractivity contribution >= 4 is 15.6 Å². The maximum absolute atomic E-state index is 11.7. The van der Waals surface area contributed by atoms with Gasteiger partial charge < -0.3 is 5.73 Å². The van der Waals surface area contributed by atoms with Crippen molar-refractivity contribution < 1.29 is 13.2 Å². The summed E-state index contributed by atoms with van der Waals surface area (Å²) < 4.78 is 23.4. The van der Waals surface area contributed by atoms with Gasteiger partial charge in [-0.05, 0) is 6.42 Å². The molecule has 1 aromatic rings. The molecule has 0 radical (unpaired) electrons. The second-order valence-corrected chi connectivity index (χ2v) is 6.38. The molecule has 0 bridgehead atoms. The van der Waals surface area contributed by atoms with Crippen LogP contribution >= 0.6 is 0 Å². The maximum Gasteiger partial charge on any atom is 0.154 e. The number of hydrogen-bond donors (Lipinski definition) is 1. The van der Waals surface area contributed by atoms with Crippen molar-refractivity contribution in [1.82, 2.24) is 9.78 Å². The van der Waals surface area contributed by atoms with E-state index in [1.165, 1.54) is 0 Å². The Morgan fingerprint density at radius 3 is 2.71 bits per heavy atom. The Labute approximate surface area is 101 Å².